The Kier molecular flexibility index (Phi) is 7.02. The van der Waals surface area contributed by atoms with Gasteiger partial charge in [0.2, 0.25) is 11.8 Å². The lowest BCUT2D eigenvalue weighted by Crippen LogP contribution is -2.48. The van der Waals surface area contributed by atoms with Gasteiger partial charge in [0.1, 0.15) is 13.1 Å². The molecule has 2 aliphatic heterocycles. The number of halogens is 1. The molecule has 1 saturated heterocycles. The Morgan fingerprint density at radius 3 is 2.44 bits per heavy atom. The molecule has 0 spiro atoms. The van der Waals surface area contributed by atoms with Gasteiger partial charge >= 0.3 is 0 Å². The van der Waals surface area contributed by atoms with Crippen LogP contribution in [0.3, 0.4) is 0 Å². The van der Waals surface area contributed by atoms with Crippen molar-refractivity contribution < 1.29 is 19.2 Å². The van der Waals surface area contributed by atoms with E-state index in [0.29, 0.717) is 16.3 Å². The van der Waals surface area contributed by atoms with Crippen LogP contribution in [0.1, 0.15) is 35.7 Å². The van der Waals surface area contributed by atoms with Crippen molar-refractivity contribution in [3.63, 3.8) is 0 Å². The predicted molar refractivity (Wildman–Crippen MR) is 128 cm³/mol. The Morgan fingerprint density at radius 2 is 1.74 bits per heavy atom. The van der Waals surface area contributed by atoms with Gasteiger partial charge in [-0.05, 0) is 42.7 Å². The van der Waals surface area contributed by atoms with Crippen molar-refractivity contribution in [2.24, 2.45) is 0 Å². The molecule has 0 aliphatic carbocycles. The van der Waals surface area contributed by atoms with Crippen molar-refractivity contribution in [2.45, 2.75) is 26.3 Å². The normalized spacial score (nSPS) is 15.6. The zero-order valence-corrected chi connectivity index (χ0v) is 19.6. The van der Waals surface area contributed by atoms with Crippen LogP contribution >= 0.6 is 11.6 Å². The maximum absolute atomic E-state index is 13.6. The number of fused-ring (bicyclic) bond motifs is 1. The van der Waals surface area contributed by atoms with E-state index >= 15 is 0 Å². The number of nitrogens with zero attached hydrogens (tertiary/aromatic N) is 3. The first-order chi connectivity index (χ1) is 16.3. The van der Waals surface area contributed by atoms with Gasteiger partial charge < -0.3 is 9.80 Å². The molecule has 4 rings (SSSR count). The van der Waals surface area contributed by atoms with Crippen LogP contribution < -0.4 is 20.7 Å². The number of amides is 4. The first-order valence-corrected chi connectivity index (χ1v) is 11.5. The van der Waals surface area contributed by atoms with E-state index in [1.165, 1.54) is 16.7 Å². The van der Waals surface area contributed by atoms with Crippen LogP contribution in [0.2, 0.25) is 5.02 Å². The minimum atomic E-state index is -0.540. The number of hydrogen-bond acceptors (Lipinski definition) is 5. The summed E-state index contributed by atoms with van der Waals surface area (Å²) in [5.41, 5.74) is 7.05. The second kappa shape index (κ2) is 10.1. The number of nitrogens with one attached hydrogen (secondary N) is 2. The summed E-state index contributed by atoms with van der Waals surface area (Å²) in [7, 11) is 0. The second-order valence-electron chi connectivity index (χ2n) is 8.36. The summed E-state index contributed by atoms with van der Waals surface area (Å²) in [5, 5.41) is 0.329. The molecule has 34 heavy (non-hydrogen) atoms. The van der Waals surface area contributed by atoms with Gasteiger partial charge in [0.15, 0.2) is 0 Å². The molecule has 9 nitrogen and oxygen atoms in total. The Bertz CT molecular complexity index is 1130. The number of rotatable bonds is 4. The first kappa shape index (κ1) is 23.6. The molecule has 2 heterocycles. The van der Waals surface area contributed by atoms with E-state index in [-0.39, 0.29) is 25.5 Å². The highest BCUT2D eigenvalue weighted by atomic mass is 35.5. The highest BCUT2D eigenvalue weighted by Gasteiger charge is 2.31. The van der Waals surface area contributed by atoms with Crippen molar-refractivity contribution in [3.05, 3.63) is 58.6 Å². The molecule has 0 saturated carbocycles. The maximum atomic E-state index is 13.6. The summed E-state index contributed by atoms with van der Waals surface area (Å²) in [6, 6.07) is 12.6. The monoisotopic (exact) mass is 483 g/mol. The summed E-state index contributed by atoms with van der Waals surface area (Å²) < 4.78 is 0. The largest absolute Gasteiger partial charge is 0.371 e. The molecule has 2 aromatic rings. The summed E-state index contributed by atoms with van der Waals surface area (Å²) in [5.74, 6) is -1.75. The SMILES string of the molecule is CC(=O)NNC(=O)CN1Cc2ccccc2N(C(=O)c2ccc(N3CCCC3)cc2Cl)CC1=O. The molecule has 0 radical (unpaired) electrons. The van der Waals surface area contributed by atoms with E-state index in [1.54, 1.807) is 24.3 Å². The third-order valence-corrected chi connectivity index (χ3v) is 6.21. The Morgan fingerprint density at radius 1 is 1.00 bits per heavy atom. The Hall–Kier alpha value is -3.59. The van der Waals surface area contributed by atoms with E-state index < -0.39 is 17.7 Å². The number of carbonyl (C=O) groups excluding carboxylic acids is 4. The summed E-state index contributed by atoms with van der Waals surface area (Å²) in [6.07, 6.45) is 2.26. The fraction of sp³-hybridized carbons (Fsp3) is 0.333. The van der Waals surface area contributed by atoms with Crippen molar-refractivity contribution in [1.82, 2.24) is 15.8 Å². The van der Waals surface area contributed by atoms with Gasteiger partial charge in [0.25, 0.3) is 11.8 Å². The van der Waals surface area contributed by atoms with Crippen LogP contribution in [0.15, 0.2) is 42.5 Å². The van der Waals surface area contributed by atoms with Gasteiger partial charge in [-0.25, -0.2) is 0 Å². The fourth-order valence-corrected chi connectivity index (χ4v) is 4.47. The van der Waals surface area contributed by atoms with Crippen LogP contribution in [0.25, 0.3) is 0 Å². The topological polar surface area (TPSA) is 102 Å². The third kappa shape index (κ3) is 5.14. The quantitative estimate of drug-likeness (QED) is 0.648. The summed E-state index contributed by atoms with van der Waals surface area (Å²) in [4.78, 5) is 54.8. The maximum Gasteiger partial charge on any atom is 0.260 e. The lowest BCUT2D eigenvalue weighted by molar-refractivity contribution is -0.136. The summed E-state index contributed by atoms with van der Waals surface area (Å²) in [6.45, 7) is 2.83. The zero-order valence-electron chi connectivity index (χ0n) is 18.8. The van der Waals surface area contributed by atoms with Crippen LogP contribution in [-0.4, -0.2) is 54.7 Å². The van der Waals surface area contributed by atoms with E-state index in [4.69, 9.17) is 11.6 Å². The molecule has 2 N–H and O–H groups in total. The number of hydrogen-bond donors (Lipinski definition) is 2. The molecule has 0 unspecified atom stereocenters. The molecule has 2 aromatic carbocycles. The average molecular weight is 484 g/mol. The second-order valence-corrected chi connectivity index (χ2v) is 8.76. The molecular weight excluding hydrogens is 458 g/mol. The molecule has 0 aromatic heterocycles. The van der Waals surface area contributed by atoms with E-state index in [1.807, 2.05) is 18.2 Å². The van der Waals surface area contributed by atoms with Gasteiger partial charge in [-0.2, -0.15) is 0 Å². The molecule has 0 bridgehead atoms. The van der Waals surface area contributed by atoms with Gasteiger partial charge in [-0.1, -0.05) is 29.8 Å². The average Bonchev–Trinajstić information content (AvgIpc) is 3.31. The van der Waals surface area contributed by atoms with Crippen LogP contribution in [0, 0.1) is 0 Å². The first-order valence-electron chi connectivity index (χ1n) is 11.1. The van der Waals surface area contributed by atoms with Crippen molar-refractivity contribution >= 4 is 46.6 Å². The Balaban J connectivity index is 1.57. The van der Waals surface area contributed by atoms with Crippen molar-refractivity contribution in [3.8, 4) is 0 Å². The van der Waals surface area contributed by atoms with Gasteiger partial charge in [0.05, 0.1) is 10.6 Å². The highest BCUT2D eigenvalue weighted by molar-refractivity contribution is 6.35. The van der Waals surface area contributed by atoms with Crippen LogP contribution in [-0.2, 0) is 20.9 Å². The standard InChI is InChI=1S/C24H26ClN5O4/c1-16(31)26-27-22(32)14-29-13-17-6-2-3-7-21(17)30(15-23(29)33)24(34)19-9-8-18(12-20(19)25)28-10-4-5-11-28/h2-3,6-9,12H,4-5,10-11,13-15H2,1H3,(H,26,31)(H,27,32). The zero-order chi connectivity index (χ0) is 24.2. The number of hydrazine groups is 1. The lowest BCUT2D eigenvalue weighted by atomic mass is 10.1. The predicted octanol–water partition coefficient (Wildman–Crippen LogP) is 2.10. The fourth-order valence-electron chi connectivity index (χ4n) is 4.21. The Labute approximate surface area is 202 Å². The molecule has 10 heteroatoms. The van der Waals surface area contributed by atoms with Gasteiger partial charge in [-0.3, -0.25) is 34.9 Å². The van der Waals surface area contributed by atoms with E-state index in [9.17, 15) is 19.2 Å². The molecule has 1 fully saturated rings. The number of anilines is 2. The smallest absolute Gasteiger partial charge is 0.260 e. The minimum absolute atomic E-state index is 0.147. The molecule has 2 aliphatic rings. The van der Waals surface area contributed by atoms with Crippen LogP contribution in [0.4, 0.5) is 11.4 Å². The lowest BCUT2D eigenvalue weighted by Gasteiger charge is -2.24. The summed E-state index contributed by atoms with van der Waals surface area (Å²) >= 11 is 6.53. The third-order valence-electron chi connectivity index (χ3n) is 5.90. The number of carbonyl (C=O) groups is 4. The highest BCUT2D eigenvalue weighted by Crippen LogP contribution is 2.31. The minimum Gasteiger partial charge on any atom is -0.371 e. The molecule has 0 atom stereocenters. The molecule has 178 valence electrons. The van der Waals surface area contributed by atoms with E-state index in [2.05, 4.69) is 15.8 Å². The van der Waals surface area contributed by atoms with E-state index in [0.717, 1.165) is 37.2 Å². The van der Waals surface area contributed by atoms with Crippen molar-refractivity contribution in [2.75, 3.05) is 36.0 Å². The number of para-hydroxylation sites is 1. The van der Waals surface area contributed by atoms with Gasteiger partial charge in [-0.15, -0.1) is 0 Å². The van der Waals surface area contributed by atoms with Crippen LogP contribution in [0.5, 0.6) is 0 Å². The van der Waals surface area contributed by atoms with Gasteiger partial charge in [0, 0.05) is 37.9 Å². The molecular formula is C24H26ClN5O4. The molecule has 4 amide bonds. The van der Waals surface area contributed by atoms with Crippen molar-refractivity contribution in [1.29, 1.82) is 0 Å². The number of benzene rings is 2.